The molecule has 3 aromatic rings. The van der Waals surface area contributed by atoms with E-state index in [4.69, 9.17) is 0 Å². The van der Waals surface area contributed by atoms with Crippen LogP contribution in [0.15, 0.2) is 42.5 Å². The molecule has 9 heteroatoms. The standard InChI is InChI=1S/C16H14N4O3S2/c21-16(17-13-5-2-6-14-15(13)19-24-18-14)10-3-1-4-11(9-10)20-25(22,23)12-7-8-12/h1-6,9,12,20H,7-8H2,(H,17,21). The van der Waals surface area contributed by atoms with Crippen molar-refractivity contribution in [2.45, 2.75) is 18.1 Å². The Morgan fingerprint density at radius 1 is 1.12 bits per heavy atom. The Morgan fingerprint density at radius 3 is 2.72 bits per heavy atom. The van der Waals surface area contributed by atoms with Gasteiger partial charge < -0.3 is 5.32 Å². The van der Waals surface area contributed by atoms with Gasteiger partial charge in [-0.3, -0.25) is 9.52 Å². The molecule has 1 saturated carbocycles. The van der Waals surface area contributed by atoms with Crippen LogP contribution in [0.5, 0.6) is 0 Å². The number of fused-ring (bicyclic) bond motifs is 1. The molecule has 0 aliphatic heterocycles. The molecule has 4 rings (SSSR count). The Balaban J connectivity index is 1.56. The minimum Gasteiger partial charge on any atom is -0.320 e. The lowest BCUT2D eigenvalue weighted by Crippen LogP contribution is -2.18. The van der Waals surface area contributed by atoms with Gasteiger partial charge in [0.15, 0.2) is 0 Å². The molecule has 128 valence electrons. The lowest BCUT2D eigenvalue weighted by molar-refractivity contribution is 0.102. The number of carbonyl (C=O) groups is 1. The Kier molecular flexibility index (Phi) is 3.89. The summed E-state index contributed by atoms with van der Waals surface area (Å²) in [7, 11) is -3.36. The van der Waals surface area contributed by atoms with Crippen molar-refractivity contribution in [3.05, 3.63) is 48.0 Å². The molecule has 1 aliphatic rings. The van der Waals surface area contributed by atoms with E-state index in [0.29, 0.717) is 40.8 Å². The van der Waals surface area contributed by atoms with Gasteiger partial charge in [-0.1, -0.05) is 12.1 Å². The summed E-state index contributed by atoms with van der Waals surface area (Å²) in [5.41, 5.74) is 2.66. The maximum atomic E-state index is 12.5. The number of carbonyl (C=O) groups excluding carboxylic acids is 1. The molecule has 0 bridgehead atoms. The molecule has 1 aromatic heterocycles. The van der Waals surface area contributed by atoms with Gasteiger partial charge in [0.2, 0.25) is 10.0 Å². The van der Waals surface area contributed by atoms with Gasteiger partial charge in [0.05, 0.1) is 22.7 Å². The van der Waals surface area contributed by atoms with E-state index in [9.17, 15) is 13.2 Å². The fraction of sp³-hybridized carbons (Fsp3) is 0.188. The van der Waals surface area contributed by atoms with Crippen molar-refractivity contribution >= 4 is 50.1 Å². The van der Waals surface area contributed by atoms with Gasteiger partial charge in [-0.25, -0.2) is 8.42 Å². The topological polar surface area (TPSA) is 101 Å². The molecular weight excluding hydrogens is 360 g/mol. The van der Waals surface area contributed by atoms with Gasteiger partial charge in [-0.15, -0.1) is 0 Å². The molecule has 25 heavy (non-hydrogen) atoms. The highest BCUT2D eigenvalue weighted by Crippen LogP contribution is 2.30. The van der Waals surface area contributed by atoms with Gasteiger partial charge >= 0.3 is 0 Å². The predicted octanol–water partition coefficient (Wildman–Crippen LogP) is 2.85. The molecule has 7 nitrogen and oxygen atoms in total. The summed E-state index contributed by atoms with van der Waals surface area (Å²) in [6.45, 7) is 0. The SMILES string of the molecule is O=C(Nc1cccc2nsnc12)c1cccc(NS(=O)(=O)C2CC2)c1. The summed E-state index contributed by atoms with van der Waals surface area (Å²) in [5, 5.41) is 2.48. The van der Waals surface area contributed by atoms with Crippen molar-refractivity contribution in [2.75, 3.05) is 10.0 Å². The van der Waals surface area contributed by atoms with E-state index >= 15 is 0 Å². The molecule has 1 heterocycles. The van der Waals surface area contributed by atoms with Crippen molar-refractivity contribution in [3.63, 3.8) is 0 Å². The summed E-state index contributed by atoms with van der Waals surface area (Å²) in [4.78, 5) is 12.5. The van der Waals surface area contributed by atoms with E-state index in [1.54, 1.807) is 30.3 Å². The van der Waals surface area contributed by atoms with E-state index in [1.807, 2.05) is 6.07 Å². The van der Waals surface area contributed by atoms with Crippen LogP contribution >= 0.6 is 11.7 Å². The fourth-order valence-corrected chi connectivity index (χ4v) is 4.38. The average molecular weight is 374 g/mol. The van der Waals surface area contributed by atoms with Crippen molar-refractivity contribution in [1.82, 2.24) is 8.75 Å². The molecule has 0 radical (unpaired) electrons. The van der Waals surface area contributed by atoms with Crippen LogP contribution in [0.2, 0.25) is 0 Å². The highest BCUT2D eigenvalue weighted by Gasteiger charge is 2.35. The Bertz CT molecular complexity index is 1060. The number of anilines is 2. The zero-order valence-electron chi connectivity index (χ0n) is 13.0. The summed E-state index contributed by atoms with van der Waals surface area (Å²) < 4.78 is 34.9. The number of aromatic nitrogens is 2. The third kappa shape index (κ3) is 3.33. The smallest absolute Gasteiger partial charge is 0.255 e. The zero-order chi connectivity index (χ0) is 17.4. The first-order valence-corrected chi connectivity index (χ1v) is 9.95. The molecule has 0 unspecified atom stereocenters. The largest absolute Gasteiger partial charge is 0.320 e. The maximum Gasteiger partial charge on any atom is 0.255 e. The van der Waals surface area contributed by atoms with Crippen molar-refractivity contribution in [2.24, 2.45) is 0 Å². The number of hydrogen-bond acceptors (Lipinski definition) is 6. The first-order chi connectivity index (χ1) is 12.0. The lowest BCUT2D eigenvalue weighted by atomic mass is 10.2. The molecule has 2 aromatic carbocycles. The van der Waals surface area contributed by atoms with Gasteiger partial charge in [0.25, 0.3) is 5.91 Å². The van der Waals surface area contributed by atoms with E-state index < -0.39 is 10.0 Å². The molecular formula is C16H14N4O3S2. The fourth-order valence-electron chi connectivity index (χ4n) is 2.45. The molecule has 0 atom stereocenters. The van der Waals surface area contributed by atoms with Crippen LogP contribution in [0.25, 0.3) is 11.0 Å². The van der Waals surface area contributed by atoms with Crippen LogP contribution in [0.1, 0.15) is 23.2 Å². The number of sulfonamides is 1. The predicted molar refractivity (Wildman–Crippen MR) is 97.4 cm³/mol. The minimum atomic E-state index is -3.36. The highest BCUT2D eigenvalue weighted by molar-refractivity contribution is 7.93. The Hall–Kier alpha value is -2.52. The average Bonchev–Trinajstić information content (AvgIpc) is 3.34. The molecule has 2 N–H and O–H groups in total. The third-order valence-corrected chi connectivity index (χ3v) is 6.29. The maximum absolute atomic E-state index is 12.5. The van der Waals surface area contributed by atoms with E-state index in [1.165, 1.54) is 6.07 Å². The summed E-state index contributed by atoms with van der Waals surface area (Å²) in [6.07, 6.45) is 1.36. The van der Waals surface area contributed by atoms with Gasteiger partial charge in [-0.05, 0) is 43.2 Å². The number of benzene rings is 2. The normalized spacial score (nSPS) is 14.4. The number of nitrogens with one attached hydrogen (secondary N) is 2. The first-order valence-electron chi connectivity index (χ1n) is 7.67. The molecule has 0 spiro atoms. The summed E-state index contributed by atoms with van der Waals surface area (Å²) in [6, 6.07) is 11.8. The second-order valence-corrected chi connectivity index (χ2v) is 8.31. The van der Waals surface area contributed by atoms with Crippen LogP contribution in [-0.4, -0.2) is 28.3 Å². The number of nitrogens with zero attached hydrogens (tertiary/aromatic N) is 2. The van der Waals surface area contributed by atoms with Crippen LogP contribution < -0.4 is 10.0 Å². The molecule has 1 fully saturated rings. The Morgan fingerprint density at radius 2 is 1.92 bits per heavy atom. The second-order valence-electron chi connectivity index (χ2n) is 5.82. The van der Waals surface area contributed by atoms with Crippen LogP contribution in [-0.2, 0) is 10.0 Å². The van der Waals surface area contributed by atoms with Gasteiger partial charge in [0.1, 0.15) is 11.0 Å². The third-order valence-electron chi connectivity index (χ3n) is 3.88. The first kappa shape index (κ1) is 16.0. The molecule has 0 saturated heterocycles. The molecule has 1 aliphatic carbocycles. The number of amides is 1. The highest BCUT2D eigenvalue weighted by atomic mass is 32.2. The van der Waals surface area contributed by atoms with Crippen LogP contribution in [0, 0.1) is 0 Å². The Labute approximate surface area is 148 Å². The van der Waals surface area contributed by atoms with Crippen LogP contribution in [0.3, 0.4) is 0 Å². The van der Waals surface area contributed by atoms with E-state index in [-0.39, 0.29) is 11.2 Å². The summed E-state index contributed by atoms with van der Waals surface area (Å²) >= 11 is 1.08. The van der Waals surface area contributed by atoms with Crippen molar-refractivity contribution < 1.29 is 13.2 Å². The van der Waals surface area contributed by atoms with E-state index in [0.717, 1.165) is 11.7 Å². The second kappa shape index (κ2) is 6.08. The number of hydrogen-bond donors (Lipinski definition) is 2. The van der Waals surface area contributed by atoms with Crippen LogP contribution in [0.4, 0.5) is 11.4 Å². The quantitative estimate of drug-likeness (QED) is 0.715. The van der Waals surface area contributed by atoms with E-state index in [2.05, 4.69) is 18.8 Å². The summed E-state index contributed by atoms with van der Waals surface area (Å²) in [5.74, 6) is -0.340. The van der Waals surface area contributed by atoms with Gasteiger partial charge in [-0.2, -0.15) is 8.75 Å². The zero-order valence-corrected chi connectivity index (χ0v) is 14.6. The minimum absolute atomic E-state index is 0.320. The van der Waals surface area contributed by atoms with Crippen molar-refractivity contribution in [1.29, 1.82) is 0 Å². The molecule has 1 amide bonds. The lowest BCUT2D eigenvalue weighted by Gasteiger charge is -2.09. The van der Waals surface area contributed by atoms with Crippen molar-refractivity contribution in [3.8, 4) is 0 Å². The van der Waals surface area contributed by atoms with Gasteiger partial charge in [0, 0.05) is 11.3 Å². The monoisotopic (exact) mass is 374 g/mol. The number of rotatable bonds is 5.